The van der Waals surface area contributed by atoms with Crippen molar-refractivity contribution in [2.45, 2.75) is 32.9 Å². The van der Waals surface area contributed by atoms with Gasteiger partial charge in [-0.3, -0.25) is 14.4 Å². The molecule has 0 unspecified atom stereocenters. The van der Waals surface area contributed by atoms with Crippen LogP contribution in [0.2, 0.25) is 0 Å². The van der Waals surface area contributed by atoms with Gasteiger partial charge in [-0.05, 0) is 63.2 Å². The molecule has 0 atom stereocenters. The molecule has 8 nitrogen and oxygen atoms in total. The van der Waals surface area contributed by atoms with Crippen molar-refractivity contribution in [3.05, 3.63) is 72.6 Å². The Morgan fingerprint density at radius 2 is 1.73 bits per heavy atom. The lowest BCUT2D eigenvalue weighted by atomic mass is 10.1. The Hall–Kier alpha value is -3.81. The van der Waals surface area contributed by atoms with Gasteiger partial charge >= 0.3 is 6.09 Å². The minimum atomic E-state index is -0.502. The highest BCUT2D eigenvalue weighted by atomic mass is 16.6. The first kappa shape index (κ1) is 23.8. The number of nitrogens with zero attached hydrogens (tertiary/aromatic N) is 4. The second kappa shape index (κ2) is 10.2. The van der Waals surface area contributed by atoms with Crippen molar-refractivity contribution in [1.82, 2.24) is 9.78 Å². The molecule has 0 bridgehead atoms. The summed E-state index contributed by atoms with van der Waals surface area (Å²) in [7, 11) is 3.80. The highest BCUT2D eigenvalue weighted by molar-refractivity contribution is 6.08. The predicted molar refractivity (Wildman–Crippen MR) is 131 cm³/mol. The molecule has 1 heterocycles. The molecule has 1 N–H and O–H groups in total. The summed E-state index contributed by atoms with van der Waals surface area (Å²) < 4.78 is 7.21. The fourth-order valence-electron chi connectivity index (χ4n) is 3.44. The van der Waals surface area contributed by atoms with Crippen LogP contribution in [-0.4, -0.2) is 48.0 Å². The van der Waals surface area contributed by atoms with Gasteiger partial charge in [0.15, 0.2) is 0 Å². The molecule has 3 aromatic rings. The molecule has 2 amide bonds. The number of ether oxygens (including phenoxy) is 1. The molecule has 174 valence electrons. The first-order valence-electron chi connectivity index (χ1n) is 10.8. The van der Waals surface area contributed by atoms with Crippen LogP contribution in [0.15, 0.2) is 67.0 Å². The van der Waals surface area contributed by atoms with E-state index in [-0.39, 0.29) is 12.5 Å². The van der Waals surface area contributed by atoms with Gasteiger partial charge in [0.2, 0.25) is 0 Å². The predicted octanol–water partition coefficient (Wildman–Crippen LogP) is 4.64. The molecule has 0 aliphatic heterocycles. The maximum atomic E-state index is 12.9. The molecule has 2 aromatic carbocycles. The maximum Gasteiger partial charge on any atom is 0.414 e. The Balaban J connectivity index is 1.70. The second-order valence-electron chi connectivity index (χ2n) is 8.80. The fourth-order valence-corrected chi connectivity index (χ4v) is 3.44. The van der Waals surface area contributed by atoms with Gasteiger partial charge in [-0.15, -0.1) is 0 Å². The van der Waals surface area contributed by atoms with Gasteiger partial charge in [0.05, 0.1) is 12.1 Å². The molecule has 0 radical (unpaired) electrons. The van der Waals surface area contributed by atoms with Crippen LogP contribution < -0.4 is 15.1 Å². The first-order valence-corrected chi connectivity index (χ1v) is 10.8. The van der Waals surface area contributed by atoms with Crippen LogP contribution in [-0.2, 0) is 11.3 Å². The van der Waals surface area contributed by atoms with Gasteiger partial charge in [0.1, 0.15) is 6.61 Å². The number of carbonyl (C=O) groups is 2. The van der Waals surface area contributed by atoms with Crippen LogP contribution in [0.5, 0.6) is 0 Å². The number of benzene rings is 2. The van der Waals surface area contributed by atoms with E-state index in [0.29, 0.717) is 23.5 Å². The van der Waals surface area contributed by atoms with E-state index in [2.05, 4.69) is 10.4 Å². The van der Waals surface area contributed by atoms with E-state index in [1.165, 1.54) is 0 Å². The Morgan fingerprint density at radius 3 is 2.33 bits per heavy atom. The van der Waals surface area contributed by atoms with Crippen LogP contribution in [0.4, 0.5) is 21.9 Å². The third kappa shape index (κ3) is 6.12. The molecule has 0 aliphatic rings. The van der Waals surface area contributed by atoms with Gasteiger partial charge < -0.3 is 15.0 Å². The van der Waals surface area contributed by atoms with E-state index in [1.54, 1.807) is 46.1 Å². The summed E-state index contributed by atoms with van der Waals surface area (Å²) >= 11 is 0. The van der Waals surface area contributed by atoms with E-state index in [4.69, 9.17) is 4.74 Å². The molecule has 8 heteroatoms. The number of hydrogen-bond acceptors (Lipinski definition) is 5. The Morgan fingerprint density at radius 1 is 1.03 bits per heavy atom. The summed E-state index contributed by atoms with van der Waals surface area (Å²) in [4.78, 5) is 29.2. The molecule has 0 saturated heterocycles. The highest BCUT2D eigenvalue weighted by Gasteiger charge is 2.29. The van der Waals surface area contributed by atoms with Crippen molar-refractivity contribution in [2.75, 3.05) is 35.8 Å². The normalized spacial score (nSPS) is 11.1. The molecule has 0 aliphatic carbocycles. The van der Waals surface area contributed by atoms with E-state index >= 15 is 0 Å². The number of anilines is 3. The molecular formula is C25H31N5O3. The molecule has 0 saturated carbocycles. The number of aromatic nitrogens is 2. The van der Waals surface area contributed by atoms with E-state index < -0.39 is 11.6 Å². The average Bonchev–Trinajstić information content (AvgIpc) is 3.27. The Kier molecular flexibility index (Phi) is 7.37. The summed E-state index contributed by atoms with van der Waals surface area (Å²) in [6.45, 7) is 6.52. The first-order chi connectivity index (χ1) is 15.7. The zero-order valence-corrected chi connectivity index (χ0v) is 19.8. The molecular weight excluding hydrogens is 418 g/mol. The minimum absolute atomic E-state index is 0.197. The summed E-state index contributed by atoms with van der Waals surface area (Å²) in [5.74, 6) is -0.197. The molecule has 3 rings (SSSR count). The third-order valence-corrected chi connectivity index (χ3v) is 4.97. The smallest absolute Gasteiger partial charge is 0.414 e. The molecule has 0 fully saturated rings. The van der Waals surface area contributed by atoms with Crippen molar-refractivity contribution in [1.29, 1.82) is 0 Å². The second-order valence-corrected chi connectivity index (χ2v) is 8.80. The van der Waals surface area contributed by atoms with Crippen LogP contribution >= 0.6 is 0 Å². The standard InChI is InChI=1S/C25H31N5O3/c1-25(2,3)30(24(32)33-18-17-29-16-8-15-26-29)20-13-11-19(12-14-20)27-23(31)21-9-6-7-10-22(21)28(4)5/h6-16H,17-18H2,1-5H3,(H,27,31). The lowest BCUT2D eigenvalue weighted by molar-refractivity contribution is 0.102. The van der Waals surface area contributed by atoms with Crippen molar-refractivity contribution >= 4 is 29.1 Å². The monoisotopic (exact) mass is 449 g/mol. The number of carbonyl (C=O) groups excluding carboxylic acids is 2. The van der Waals surface area contributed by atoms with E-state index in [0.717, 1.165) is 5.69 Å². The van der Waals surface area contributed by atoms with Crippen molar-refractivity contribution in [3.63, 3.8) is 0 Å². The summed E-state index contributed by atoms with van der Waals surface area (Å²) in [6.07, 6.45) is 3.06. The van der Waals surface area contributed by atoms with Crippen LogP contribution in [0.3, 0.4) is 0 Å². The van der Waals surface area contributed by atoms with Crippen LogP contribution in [0.25, 0.3) is 0 Å². The van der Waals surface area contributed by atoms with Gasteiger partial charge in [0.25, 0.3) is 5.91 Å². The SMILES string of the molecule is CN(C)c1ccccc1C(=O)Nc1ccc(N(C(=O)OCCn2cccn2)C(C)(C)C)cc1. The number of rotatable bonds is 7. The largest absolute Gasteiger partial charge is 0.447 e. The topological polar surface area (TPSA) is 79.7 Å². The quantitative estimate of drug-likeness (QED) is 0.568. The van der Waals surface area contributed by atoms with Gasteiger partial charge in [-0.2, -0.15) is 5.10 Å². The maximum absolute atomic E-state index is 12.9. The zero-order chi connectivity index (χ0) is 24.0. The van der Waals surface area contributed by atoms with E-state index in [9.17, 15) is 9.59 Å². The summed E-state index contributed by atoms with van der Waals surface area (Å²) in [6, 6.07) is 16.4. The highest BCUT2D eigenvalue weighted by Crippen LogP contribution is 2.27. The van der Waals surface area contributed by atoms with Gasteiger partial charge in [-0.1, -0.05) is 12.1 Å². The summed E-state index contributed by atoms with van der Waals surface area (Å²) in [5, 5.41) is 7.04. The van der Waals surface area contributed by atoms with Crippen molar-refractivity contribution < 1.29 is 14.3 Å². The summed E-state index contributed by atoms with van der Waals surface area (Å²) in [5.41, 5.74) is 2.24. The number of amides is 2. The number of nitrogens with one attached hydrogen (secondary N) is 1. The Bertz CT molecular complexity index is 1070. The van der Waals surface area contributed by atoms with Gasteiger partial charge in [0, 0.05) is 49.1 Å². The van der Waals surface area contributed by atoms with Crippen molar-refractivity contribution in [2.24, 2.45) is 0 Å². The zero-order valence-electron chi connectivity index (χ0n) is 19.8. The Labute approximate surface area is 194 Å². The van der Waals surface area contributed by atoms with Crippen molar-refractivity contribution in [3.8, 4) is 0 Å². The fraction of sp³-hybridized carbons (Fsp3) is 0.320. The lowest BCUT2D eigenvalue weighted by Gasteiger charge is -2.34. The number of para-hydroxylation sites is 1. The molecule has 1 aromatic heterocycles. The van der Waals surface area contributed by atoms with Crippen LogP contribution in [0, 0.1) is 0 Å². The van der Waals surface area contributed by atoms with E-state index in [1.807, 2.05) is 70.2 Å². The molecule has 0 spiro atoms. The van der Waals surface area contributed by atoms with Crippen LogP contribution in [0.1, 0.15) is 31.1 Å². The van der Waals surface area contributed by atoms with Gasteiger partial charge in [-0.25, -0.2) is 4.79 Å². The minimum Gasteiger partial charge on any atom is -0.447 e. The lowest BCUT2D eigenvalue weighted by Crippen LogP contribution is -2.46. The molecule has 33 heavy (non-hydrogen) atoms. The average molecular weight is 450 g/mol. The third-order valence-electron chi connectivity index (χ3n) is 4.97. The number of hydrogen-bond donors (Lipinski definition) is 1.